The molecule has 0 saturated heterocycles. The van der Waals surface area contributed by atoms with Gasteiger partial charge in [-0.05, 0) is 37.9 Å². The lowest BCUT2D eigenvalue weighted by Gasteiger charge is -2.13. The van der Waals surface area contributed by atoms with Crippen molar-refractivity contribution in [2.45, 2.75) is 39.7 Å². The Morgan fingerprint density at radius 2 is 1.91 bits per heavy atom. The SMILES string of the molecule is CC(C)CCC(C)OC(N)=S. The molecule has 0 aromatic carbocycles. The predicted molar refractivity (Wildman–Crippen MR) is 51.4 cm³/mol. The fraction of sp³-hybridized carbons (Fsp3) is 0.875. The van der Waals surface area contributed by atoms with Gasteiger partial charge in [0, 0.05) is 0 Å². The first kappa shape index (κ1) is 10.7. The summed E-state index contributed by atoms with van der Waals surface area (Å²) < 4.78 is 5.11. The Labute approximate surface area is 74.1 Å². The minimum absolute atomic E-state index is 0.154. The van der Waals surface area contributed by atoms with Gasteiger partial charge >= 0.3 is 0 Å². The molecule has 0 aliphatic heterocycles. The molecule has 11 heavy (non-hydrogen) atoms. The van der Waals surface area contributed by atoms with Gasteiger partial charge in [0.2, 0.25) is 0 Å². The monoisotopic (exact) mass is 175 g/mol. The summed E-state index contributed by atoms with van der Waals surface area (Å²) in [6.45, 7) is 6.36. The third kappa shape index (κ3) is 7.59. The molecule has 0 fully saturated rings. The van der Waals surface area contributed by atoms with E-state index in [1.807, 2.05) is 6.92 Å². The van der Waals surface area contributed by atoms with Crippen LogP contribution in [0.4, 0.5) is 0 Å². The maximum atomic E-state index is 5.21. The highest BCUT2D eigenvalue weighted by Gasteiger charge is 2.04. The molecule has 0 amide bonds. The molecule has 1 unspecified atom stereocenters. The first-order chi connectivity index (χ1) is 5.02. The van der Waals surface area contributed by atoms with E-state index in [4.69, 9.17) is 10.5 Å². The molecule has 0 heterocycles. The second-order valence-electron chi connectivity index (χ2n) is 3.22. The molecule has 0 aliphatic carbocycles. The number of hydrogen-bond acceptors (Lipinski definition) is 2. The van der Waals surface area contributed by atoms with E-state index in [0.29, 0.717) is 5.92 Å². The van der Waals surface area contributed by atoms with Crippen molar-refractivity contribution in [1.29, 1.82) is 0 Å². The van der Waals surface area contributed by atoms with Gasteiger partial charge in [-0.3, -0.25) is 0 Å². The quantitative estimate of drug-likeness (QED) is 0.664. The number of thiocarbonyl (C=S) groups is 1. The third-order valence-corrected chi connectivity index (χ3v) is 1.56. The van der Waals surface area contributed by atoms with Crippen LogP contribution in [0.1, 0.15) is 33.6 Å². The summed E-state index contributed by atoms with van der Waals surface area (Å²) in [6, 6.07) is 0. The summed E-state index contributed by atoms with van der Waals surface area (Å²) in [4.78, 5) is 0. The Hall–Kier alpha value is -0.310. The van der Waals surface area contributed by atoms with E-state index in [-0.39, 0.29) is 11.3 Å². The topological polar surface area (TPSA) is 35.2 Å². The standard InChI is InChI=1S/C8H17NOS/c1-6(2)4-5-7(3)10-8(9)11/h6-7H,4-5H2,1-3H3,(H2,9,11). The fourth-order valence-corrected chi connectivity index (χ4v) is 0.990. The van der Waals surface area contributed by atoms with Gasteiger partial charge in [0.15, 0.2) is 0 Å². The van der Waals surface area contributed by atoms with Crippen molar-refractivity contribution >= 4 is 17.4 Å². The zero-order valence-electron chi connectivity index (χ0n) is 7.46. The van der Waals surface area contributed by atoms with Gasteiger partial charge in [0.25, 0.3) is 5.17 Å². The van der Waals surface area contributed by atoms with Crippen molar-refractivity contribution in [2.75, 3.05) is 0 Å². The van der Waals surface area contributed by atoms with Crippen LogP contribution in [0.25, 0.3) is 0 Å². The summed E-state index contributed by atoms with van der Waals surface area (Å²) in [5.41, 5.74) is 5.21. The molecule has 0 aromatic heterocycles. The molecule has 66 valence electrons. The Balaban J connectivity index is 3.37. The van der Waals surface area contributed by atoms with E-state index in [2.05, 4.69) is 26.1 Å². The first-order valence-corrected chi connectivity index (χ1v) is 4.39. The summed E-state index contributed by atoms with van der Waals surface area (Å²) in [5, 5.41) is 0.154. The second-order valence-corrected chi connectivity index (χ2v) is 3.62. The van der Waals surface area contributed by atoms with Crippen LogP contribution >= 0.6 is 12.2 Å². The average Bonchev–Trinajstić information content (AvgIpc) is 1.82. The minimum Gasteiger partial charge on any atom is -0.468 e. The lowest BCUT2D eigenvalue weighted by Crippen LogP contribution is -2.20. The van der Waals surface area contributed by atoms with E-state index in [0.717, 1.165) is 12.8 Å². The fourth-order valence-electron chi connectivity index (χ4n) is 0.825. The van der Waals surface area contributed by atoms with Crippen LogP contribution in [0.5, 0.6) is 0 Å². The summed E-state index contributed by atoms with van der Waals surface area (Å²) in [5.74, 6) is 0.715. The number of ether oxygens (including phenoxy) is 1. The van der Waals surface area contributed by atoms with Crippen molar-refractivity contribution in [2.24, 2.45) is 11.7 Å². The number of hydrogen-bond donors (Lipinski definition) is 1. The molecule has 0 radical (unpaired) electrons. The van der Waals surface area contributed by atoms with Crippen LogP contribution < -0.4 is 5.73 Å². The van der Waals surface area contributed by atoms with E-state index >= 15 is 0 Å². The maximum Gasteiger partial charge on any atom is 0.254 e. The zero-order chi connectivity index (χ0) is 8.85. The molecular weight excluding hydrogens is 158 g/mol. The molecule has 0 bridgehead atoms. The van der Waals surface area contributed by atoms with Gasteiger partial charge in [0.1, 0.15) is 0 Å². The zero-order valence-corrected chi connectivity index (χ0v) is 8.28. The number of rotatable bonds is 4. The molecule has 0 spiro atoms. The summed E-state index contributed by atoms with van der Waals surface area (Å²) in [7, 11) is 0. The highest BCUT2D eigenvalue weighted by molar-refractivity contribution is 7.80. The largest absolute Gasteiger partial charge is 0.468 e. The molecule has 0 aromatic rings. The first-order valence-electron chi connectivity index (χ1n) is 3.98. The molecule has 0 rings (SSSR count). The van der Waals surface area contributed by atoms with E-state index in [1.165, 1.54) is 0 Å². The van der Waals surface area contributed by atoms with Gasteiger partial charge in [-0.2, -0.15) is 0 Å². The molecular formula is C8H17NOS. The van der Waals surface area contributed by atoms with Gasteiger partial charge < -0.3 is 10.5 Å². The predicted octanol–water partition coefficient (Wildman–Crippen LogP) is 2.07. The van der Waals surface area contributed by atoms with E-state index < -0.39 is 0 Å². The van der Waals surface area contributed by atoms with Crippen molar-refractivity contribution in [3.63, 3.8) is 0 Å². The number of nitrogens with two attached hydrogens (primary N) is 1. The van der Waals surface area contributed by atoms with Crippen molar-refractivity contribution < 1.29 is 4.74 Å². The van der Waals surface area contributed by atoms with E-state index in [1.54, 1.807) is 0 Å². The summed E-state index contributed by atoms with van der Waals surface area (Å²) >= 11 is 4.61. The molecule has 2 N–H and O–H groups in total. The van der Waals surface area contributed by atoms with Crippen molar-refractivity contribution in [1.82, 2.24) is 0 Å². The van der Waals surface area contributed by atoms with Gasteiger partial charge in [0.05, 0.1) is 6.10 Å². The Bertz CT molecular complexity index is 125. The van der Waals surface area contributed by atoms with Gasteiger partial charge in [-0.1, -0.05) is 13.8 Å². The maximum absolute atomic E-state index is 5.21. The van der Waals surface area contributed by atoms with Gasteiger partial charge in [-0.15, -0.1) is 0 Å². The highest BCUT2D eigenvalue weighted by atomic mass is 32.1. The normalized spacial score (nSPS) is 13.1. The van der Waals surface area contributed by atoms with Crippen LogP contribution in [-0.4, -0.2) is 11.3 Å². The van der Waals surface area contributed by atoms with Crippen LogP contribution in [0.3, 0.4) is 0 Å². The van der Waals surface area contributed by atoms with E-state index in [9.17, 15) is 0 Å². The van der Waals surface area contributed by atoms with Crippen molar-refractivity contribution in [3.05, 3.63) is 0 Å². The van der Waals surface area contributed by atoms with Crippen LogP contribution in [0, 0.1) is 5.92 Å². The van der Waals surface area contributed by atoms with Gasteiger partial charge in [-0.25, -0.2) is 0 Å². The highest BCUT2D eigenvalue weighted by Crippen LogP contribution is 2.08. The Morgan fingerprint density at radius 3 is 2.27 bits per heavy atom. The smallest absolute Gasteiger partial charge is 0.254 e. The summed E-state index contributed by atoms with van der Waals surface area (Å²) in [6.07, 6.45) is 2.34. The van der Waals surface area contributed by atoms with Crippen LogP contribution in [0.2, 0.25) is 0 Å². The molecule has 2 nitrogen and oxygen atoms in total. The minimum atomic E-state index is 0.154. The average molecular weight is 175 g/mol. The third-order valence-electron chi connectivity index (χ3n) is 1.47. The molecule has 3 heteroatoms. The lowest BCUT2D eigenvalue weighted by molar-refractivity contribution is 0.191. The Morgan fingerprint density at radius 1 is 1.36 bits per heavy atom. The Kier molecular flexibility index (Phi) is 5.20. The van der Waals surface area contributed by atoms with Crippen molar-refractivity contribution in [3.8, 4) is 0 Å². The molecule has 1 atom stereocenters. The van der Waals surface area contributed by atoms with Crippen LogP contribution in [-0.2, 0) is 4.74 Å². The lowest BCUT2D eigenvalue weighted by atomic mass is 10.1. The molecule has 0 aliphatic rings. The van der Waals surface area contributed by atoms with Crippen LogP contribution in [0.15, 0.2) is 0 Å². The molecule has 0 saturated carbocycles. The second kappa shape index (κ2) is 5.35.